The summed E-state index contributed by atoms with van der Waals surface area (Å²) in [6, 6.07) is 0. The SMILES string of the molecule is CC=C1CCC2C3C(CC[C@]12C)[C@@]1(C)CCC(=O)CC1[C@H]1OC(C)(C)O[C@H]31. The lowest BCUT2D eigenvalue weighted by molar-refractivity contribution is -0.175. The molecule has 0 bridgehead atoms. The van der Waals surface area contributed by atoms with Crippen LogP contribution in [0.4, 0.5) is 0 Å². The van der Waals surface area contributed by atoms with Gasteiger partial charge in [0.15, 0.2) is 5.79 Å². The summed E-state index contributed by atoms with van der Waals surface area (Å²) >= 11 is 0. The van der Waals surface area contributed by atoms with Gasteiger partial charge < -0.3 is 9.47 Å². The second-order valence-corrected chi connectivity index (χ2v) is 11.0. The molecule has 3 nitrogen and oxygen atoms in total. The molecule has 0 aromatic rings. The Kier molecular flexibility index (Phi) is 3.87. The van der Waals surface area contributed by atoms with Crippen LogP contribution >= 0.6 is 0 Å². The van der Waals surface area contributed by atoms with Crippen LogP contribution in [0, 0.1) is 34.5 Å². The number of rotatable bonds is 0. The molecular formula is C24H36O3. The Bertz CT molecular complexity index is 694. The molecule has 4 saturated carbocycles. The highest BCUT2D eigenvalue weighted by Crippen LogP contribution is 2.69. The van der Waals surface area contributed by atoms with Gasteiger partial charge in [0.2, 0.25) is 0 Å². The molecule has 5 fully saturated rings. The van der Waals surface area contributed by atoms with E-state index in [9.17, 15) is 4.79 Å². The summed E-state index contributed by atoms with van der Waals surface area (Å²) in [6.45, 7) is 11.4. The van der Waals surface area contributed by atoms with E-state index in [0.717, 1.165) is 12.8 Å². The summed E-state index contributed by atoms with van der Waals surface area (Å²) < 4.78 is 13.2. The number of carbonyl (C=O) groups excluding carboxylic acids is 1. The Morgan fingerprint density at radius 1 is 0.926 bits per heavy atom. The van der Waals surface area contributed by atoms with Crippen molar-refractivity contribution in [2.24, 2.45) is 34.5 Å². The van der Waals surface area contributed by atoms with Crippen LogP contribution in [0.2, 0.25) is 0 Å². The molecule has 27 heavy (non-hydrogen) atoms. The van der Waals surface area contributed by atoms with Crippen molar-refractivity contribution in [1.29, 1.82) is 0 Å². The second-order valence-electron chi connectivity index (χ2n) is 11.0. The molecule has 150 valence electrons. The van der Waals surface area contributed by atoms with Gasteiger partial charge in [-0.25, -0.2) is 0 Å². The van der Waals surface area contributed by atoms with Crippen molar-refractivity contribution < 1.29 is 14.3 Å². The molecule has 0 aromatic heterocycles. The lowest BCUT2D eigenvalue weighted by Gasteiger charge is -2.62. The molecule has 5 aliphatic rings. The van der Waals surface area contributed by atoms with Gasteiger partial charge in [-0.3, -0.25) is 4.79 Å². The van der Waals surface area contributed by atoms with E-state index >= 15 is 0 Å². The van der Waals surface area contributed by atoms with Crippen molar-refractivity contribution in [3.05, 3.63) is 11.6 Å². The van der Waals surface area contributed by atoms with Crippen LogP contribution in [-0.4, -0.2) is 23.8 Å². The molecule has 0 amide bonds. The minimum atomic E-state index is -0.526. The van der Waals surface area contributed by atoms with Gasteiger partial charge in [-0.15, -0.1) is 0 Å². The number of Topliss-reactive ketones (excluding diaryl/α,β-unsaturated/α-hetero) is 1. The Labute approximate surface area is 164 Å². The molecular weight excluding hydrogens is 336 g/mol. The van der Waals surface area contributed by atoms with Crippen molar-refractivity contribution in [3.63, 3.8) is 0 Å². The molecule has 3 heteroatoms. The monoisotopic (exact) mass is 372 g/mol. The number of hydrogen-bond donors (Lipinski definition) is 0. The van der Waals surface area contributed by atoms with Gasteiger partial charge in [-0.2, -0.15) is 0 Å². The maximum Gasteiger partial charge on any atom is 0.163 e. The third kappa shape index (κ3) is 2.37. The zero-order valence-corrected chi connectivity index (χ0v) is 17.7. The minimum absolute atomic E-state index is 0.0903. The van der Waals surface area contributed by atoms with Gasteiger partial charge in [0.25, 0.3) is 0 Å². The number of hydrogen-bond acceptors (Lipinski definition) is 3. The first kappa shape index (κ1) is 18.4. The summed E-state index contributed by atoms with van der Waals surface area (Å²) in [7, 11) is 0. The lowest BCUT2D eigenvalue weighted by Crippen LogP contribution is -2.62. The number of fused-ring (bicyclic) bond motifs is 8. The van der Waals surface area contributed by atoms with Gasteiger partial charge in [0, 0.05) is 18.8 Å². The smallest absolute Gasteiger partial charge is 0.163 e. The van der Waals surface area contributed by atoms with E-state index in [1.165, 1.54) is 25.7 Å². The van der Waals surface area contributed by atoms with E-state index in [1.54, 1.807) is 5.57 Å². The van der Waals surface area contributed by atoms with Crippen molar-refractivity contribution in [2.75, 3.05) is 0 Å². The predicted molar refractivity (Wildman–Crippen MR) is 105 cm³/mol. The summed E-state index contributed by atoms with van der Waals surface area (Å²) in [5.74, 6) is 2.18. The van der Waals surface area contributed by atoms with Gasteiger partial charge in [0.1, 0.15) is 5.78 Å². The molecule has 4 unspecified atom stereocenters. The number of ketones is 1. The van der Waals surface area contributed by atoms with Gasteiger partial charge in [0.05, 0.1) is 12.2 Å². The first-order chi connectivity index (χ1) is 12.7. The Hall–Kier alpha value is -0.670. The molecule has 0 spiro atoms. The van der Waals surface area contributed by atoms with Crippen LogP contribution in [0.15, 0.2) is 11.6 Å². The highest BCUT2D eigenvalue weighted by molar-refractivity contribution is 5.79. The standard InChI is InChI=1S/C24H36O3/c1-6-14-7-8-16-19-17(10-12-23(14,16)4)24(5)11-9-15(25)13-18(24)20-21(19)27-22(2,3)26-20/h6,16-21H,7-13H2,1-5H3/t16?,17?,18?,19?,20-,21-,23-,24-/m1/s1. The van der Waals surface area contributed by atoms with E-state index in [4.69, 9.17) is 9.47 Å². The molecule has 5 rings (SSSR count). The van der Waals surface area contributed by atoms with Gasteiger partial charge in [-0.05, 0) is 81.5 Å². The largest absolute Gasteiger partial charge is 0.344 e. The van der Waals surface area contributed by atoms with Crippen LogP contribution in [0.3, 0.4) is 0 Å². The van der Waals surface area contributed by atoms with Crippen molar-refractivity contribution in [2.45, 2.75) is 97.6 Å². The maximum atomic E-state index is 12.4. The molecule has 1 saturated heterocycles. The first-order valence-electron chi connectivity index (χ1n) is 11.2. The van der Waals surface area contributed by atoms with Crippen molar-refractivity contribution in [1.82, 2.24) is 0 Å². The van der Waals surface area contributed by atoms with Gasteiger partial charge >= 0.3 is 0 Å². The Morgan fingerprint density at radius 3 is 2.41 bits per heavy atom. The highest BCUT2D eigenvalue weighted by atomic mass is 16.8. The molecule has 1 aliphatic heterocycles. The van der Waals surface area contributed by atoms with Crippen molar-refractivity contribution in [3.8, 4) is 0 Å². The molecule has 0 aromatic carbocycles. The van der Waals surface area contributed by atoms with E-state index in [-0.39, 0.29) is 17.6 Å². The molecule has 0 N–H and O–H groups in total. The van der Waals surface area contributed by atoms with E-state index in [2.05, 4.69) is 40.7 Å². The van der Waals surface area contributed by atoms with Crippen LogP contribution in [0.25, 0.3) is 0 Å². The molecule has 4 aliphatic carbocycles. The molecule has 8 atom stereocenters. The Balaban J connectivity index is 1.60. The third-order valence-corrected chi connectivity index (χ3v) is 9.55. The van der Waals surface area contributed by atoms with Crippen molar-refractivity contribution >= 4 is 5.78 Å². The minimum Gasteiger partial charge on any atom is -0.344 e. The zero-order chi connectivity index (χ0) is 19.2. The summed E-state index contributed by atoms with van der Waals surface area (Å²) in [5.41, 5.74) is 2.24. The number of carbonyl (C=O) groups is 1. The predicted octanol–water partition coefficient (Wildman–Crippen LogP) is 5.28. The Morgan fingerprint density at radius 2 is 1.67 bits per heavy atom. The van der Waals surface area contributed by atoms with Crippen LogP contribution < -0.4 is 0 Å². The van der Waals surface area contributed by atoms with E-state index in [1.807, 2.05) is 0 Å². The van der Waals surface area contributed by atoms with Crippen LogP contribution in [-0.2, 0) is 14.3 Å². The first-order valence-corrected chi connectivity index (χ1v) is 11.2. The quantitative estimate of drug-likeness (QED) is 0.542. The van der Waals surface area contributed by atoms with Crippen LogP contribution in [0.1, 0.15) is 79.6 Å². The topological polar surface area (TPSA) is 35.5 Å². The fraction of sp³-hybridized carbons (Fsp3) is 0.875. The normalized spacial score (nSPS) is 55.0. The molecule has 1 heterocycles. The zero-order valence-electron chi connectivity index (χ0n) is 17.7. The highest BCUT2D eigenvalue weighted by Gasteiger charge is 2.67. The van der Waals surface area contributed by atoms with E-state index < -0.39 is 5.79 Å². The number of ether oxygens (including phenoxy) is 2. The summed E-state index contributed by atoms with van der Waals surface area (Å²) in [4.78, 5) is 12.4. The number of allylic oxidation sites excluding steroid dienone is 2. The van der Waals surface area contributed by atoms with E-state index in [0.29, 0.717) is 41.3 Å². The lowest BCUT2D eigenvalue weighted by atomic mass is 9.43. The molecule has 0 radical (unpaired) electrons. The average Bonchev–Trinajstić information content (AvgIpc) is 3.11. The van der Waals surface area contributed by atoms with Gasteiger partial charge in [-0.1, -0.05) is 25.5 Å². The summed E-state index contributed by atoms with van der Waals surface area (Å²) in [6.07, 6.45) is 10.3. The maximum absolute atomic E-state index is 12.4. The third-order valence-electron chi connectivity index (χ3n) is 9.55. The average molecular weight is 373 g/mol. The summed E-state index contributed by atoms with van der Waals surface area (Å²) in [5, 5.41) is 0. The fourth-order valence-electron chi connectivity index (χ4n) is 8.30. The van der Waals surface area contributed by atoms with Crippen LogP contribution in [0.5, 0.6) is 0 Å². The fourth-order valence-corrected chi connectivity index (χ4v) is 8.30. The second kappa shape index (κ2) is 5.69.